The summed E-state index contributed by atoms with van der Waals surface area (Å²) >= 11 is 0. The fraction of sp³-hybridized carbons (Fsp3) is 0.636. The van der Waals surface area contributed by atoms with Crippen LogP contribution >= 0.6 is 0 Å². The lowest BCUT2D eigenvalue weighted by molar-refractivity contribution is 0.362. The van der Waals surface area contributed by atoms with E-state index in [2.05, 4.69) is 21.8 Å². The third kappa shape index (κ3) is 2.45. The van der Waals surface area contributed by atoms with Crippen LogP contribution in [0, 0.1) is 5.92 Å². The number of rotatable bonds is 2. The number of aromatic nitrogens is 2. The lowest BCUT2D eigenvalue weighted by atomic mass is 9.92. The quantitative estimate of drug-likeness (QED) is 0.785. The van der Waals surface area contributed by atoms with Crippen LogP contribution in [0.15, 0.2) is 18.5 Å². The lowest BCUT2D eigenvalue weighted by Crippen LogP contribution is -2.43. The standard InChI is InChI=1S/C11H18N4/c1-9(12)10-4-2-7-15(8-10)11-13-5-3-6-14-11/h3,5-6,9-10H,2,4,7-8,12H2,1H3. The number of hydrogen-bond donors (Lipinski definition) is 1. The number of piperidine rings is 1. The van der Waals surface area contributed by atoms with Crippen LogP contribution < -0.4 is 10.6 Å². The Balaban J connectivity index is 2.05. The molecule has 2 rings (SSSR count). The molecular weight excluding hydrogens is 188 g/mol. The molecule has 1 saturated heterocycles. The molecule has 4 heteroatoms. The predicted molar refractivity (Wildman–Crippen MR) is 60.6 cm³/mol. The van der Waals surface area contributed by atoms with Crippen molar-refractivity contribution in [3.05, 3.63) is 18.5 Å². The number of anilines is 1. The fourth-order valence-electron chi connectivity index (χ4n) is 2.08. The van der Waals surface area contributed by atoms with Crippen molar-refractivity contribution in [1.29, 1.82) is 0 Å². The SMILES string of the molecule is CC(N)C1CCCN(c2ncccn2)C1. The molecule has 2 heterocycles. The second-order valence-corrected chi connectivity index (χ2v) is 4.26. The first-order chi connectivity index (χ1) is 7.27. The molecule has 0 saturated carbocycles. The van der Waals surface area contributed by atoms with Crippen LogP contribution in [0.3, 0.4) is 0 Å². The van der Waals surface area contributed by atoms with Crippen LogP contribution in [0.2, 0.25) is 0 Å². The van der Waals surface area contributed by atoms with Crippen LogP contribution in [-0.2, 0) is 0 Å². The molecular formula is C11H18N4. The third-order valence-electron chi connectivity index (χ3n) is 3.04. The molecule has 2 unspecified atom stereocenters. The van der Waals surface area contributed by atoms with Crippen LogP contribution in [0.5, 0.6) is 0 Å². The van der Waals surface area contributed by atoms with Gasteiger partial charge in [0.1, 0.15) is 0 Å². The van der Waals surface area contributed by atoms with E-state index >= 15 is 0 Å². The van der Waals surface area contributed by atoms with Gasteiger partial charge in [0.2, 0.25) is 5.95 Å². The smallest absolute Gasteiger partial charge is 0.225 e. The van der Waals surface area contributed by atoms with Crippen molar-refractivity contribution in [3.63, 3.8) is 0 Å². The van der Waals surface area contributed by atoms with E-state index in [0.717, 1.165) is 19.0 Å². The molecule has 2 N–H and O–H groups in total. The summed E-state index contributed by atoms with van der Waals surface area (Å²) in [5, 5.41) is 0. The highest BCUT2D eigenvalue weighted by Crippen LogP contribution is 2.21. The summed E-state index contributed by atoms with van der Waals surface area (Å²) in [6.07, 6.45) is 5.99. The first-order valence-electron chi connectivity index (χ1n) is 5.55. The van der Waals surface area contributed by atoms with E-state index in [1.165, 1.54) is 12.8 Å². The first kappa shape index (κ1) is 10.4. The van der Waals surface area contributed by atoms with Gasteiger partial charge in [0.05, 0.1) is 0 Å². The van der Waals surface area contributed by atoms with Crippen molar-refractivity contribution >= 4 is 5.95 Å². The van der Waals surface area contributed by atoms with E-state index in [1.807, 2.05) is 6.07 Å². The molecule has 1 aliphatic rings. The topological polar surface area (TPSA) is 55.0 Å². The minimum absolute atomic E-state index is 0.261. The van der Waals surface area contributed by atoms with Gasteiger partial charge in [0.15, 0.2) is 0 Å². The van der Waals surface area contributed by atoms with Crippen LogP contribution in [-0.4, -0.2) is 29.1 Å². The second-order valence-electron chi connectivity index (χ2n) is 4.26. The number of hydrogen-bond acceptors (Lipinski definition) is 4. The molecule has 0 aliphatic carbocycles. The Morgan fingerprint density at radius 1 is 1.47 bits per heavy atom. The summed E-state index contributed by atoms with van der Waals surface area (Å²) in [5.74, 6) is 1.41. The van der Waals surface area contributed by atoms with Gasteiger partial charge < -0.3 is 10.6 Å². The molecule has 2 atom stereocenters. The predicted octanol–water partition coefficient (Wildman–Crippen LogP) is 1.04. The molecule has 0 aromatic carbocycles. The molecule has 0 radical (unpaired) electrons. The zero-order valence-corrected chi connectivity index (χ0v) is 9.13. The molecule has 0 spiro atoms. The Morgan fingerprint density at radius 3 is 2.87 bits per heavy atom. The Kier molecular flexibility index (Phi) is 3.16. The van der Waals surface area contributed by atoms with Gasteiger partial charge in [-0.05, 0) is 31.7 Å². The first-order valence-corrected chi connectivity index (χ1v) is 5.55. The van der Waals surface area contributed by atoms with Crippen molar-refractivity contribution in [2.24, 2.45) is 11.7 Å². The van der Waals surface area contributed by atoms with Gasteiger partial charge >= 0.3 is 0 Å². The summed E-state index contributed by atoms with van der Waals surface area (Å²) in [4.78, 5) is 10.8. The maximum absolute atomic E-state index is 5.94. The maximum Gasteiger partial charge on any atom is 0.225 e. The van der Waals surface area contributed by atoms with E-state index < -0.39 is 0 Å². The normalized spacial score (nSPS) is 23.9. The van der Waals surface area contributed by atoms with Gasteiger partial charge in [-0.15, -0.1) is 0 Å². The molecule has 15 heavy (non-hydrogen) atoms. The minimum atomic E-state index is 0.261. The Morgan fingerprint density at radius 2 is 2.20 bits per heavy atom. The molecule has 0 amide bonds. The van der Waals surface area contributed by atoms with Crippen molar-refractivity contribution in [3.8, 4) is 0 Å². The minimum Gasteiger partial charge on any atom is -0.340 e. The summed E-state index contributed by atoms with van der Waals surface area (Å²) in [7, 11) is 0. The van der Waals surface area contributed by atoms with E-state index in [0.29, 0.717) is 5.92 Å². The van der Waals surface area contributed by atoms with Gasteiger partial charge in [0.25, 0.3) is 0 Å². The second kappa shape index (κ2) is 4.57. The van der Waals surface area contributed by atoms with Gasteiger partial charge in [-0.2, -0.15) is 0 Å². The third-order valence-corrected chi connectivity index (χ3v) is 3.04. The average molecular weight is 206 g/mol. The van der Waals surface area contributed by atoms with Gasteiger partial charge in [0, 0.05) is 31.5 Å². The zero-order valence-electron chi connectivity index (χ0n) is 9.13. The summed E-state index contributed by atoms with van der Waals surface area (Å²) in [6, 6.07) is 2.10. The Bertz CT molecular complexity index is 299. The molecule has 4 nitrogen and oxygen atoms in total. The number of nitrogens with zero attached hydrogens (tertiary/aromatic N) is 3. The highest BCUT2D eigenvalue weighted by molar-refractivity contribution is 5.29. The largest absolute Gasteiger partial charge is 0.340 e. The Hall–Kier alpha value is -1.16. The summed E-state index contributed by atoms with van der Waals surface area (Å²) in [5.41, 5.74) is 5.94. The van der Waals surface area contributed by atoms with E-state index in [-0.39, 0.29) is 6.04 Å². The Labute approximate surface area is 90.5 Å². The lowest BCUT2D eigenvalue weighted by Gasteiger charge is -2.34. The molecule has 82 valence electrons. The van der Waals surface area contributed by atoms with Gasteiger partial charge in [-0.1, -0.05) is 0 Å². The van der Waals surface area contributed by atoms with Crippen LogP contribution in [0.4, 0.5) is 5.95 Å². The maximum atomic E-state index is 5.94. The average Bonchev–Trinajstić information content (AvgIpc) is 2.30. The fourth-order valence-corrected chi connectivity index (χ4v) is 2.08. The van der Waals surface area contributed by atoms with Crippen molar-refractivity contribution in [2.75, 3.05) is 18.0 Å². The molecule has 1 aromatic rings. The van der Waals surface area contributed by atoms with Gasteiger partial charge in [-0.25, -0.2) is 9.97 Å². The number of nitrogens with two attached hydrogens (primary N) is 1. The highest BCUT2D eigenvalue weighted by Gasteiger charge is 2.23. The summed E-state index contributed by atoms with van der Waals surface area (Å²) in [6.45, 7) is 4.12. The van der Waals surface area contributed by atoms with Crippen molar-refractivity contribution in [1.82, 2.24) is 9.97 Å². The van der Waals surface area contributed by atoms with E-state index in [9.17, 15) is 0 Å². The van der Waals surface area contributed by atoms with Crippen LogP contribution in [0.25, 0.3) is 0 Å². The van der Waals surface area contributed by atoms with E-state index in [4.69, 9.17) is 5.73 Å². The molecule has 1 aliphatic heterocycles. The zero-order chi connectivity index (χ0) is 10.7. The molecule has 1 fully saturated rings. The van der Waals surface area contributed by atoms with Crippen LogP contribution in [0.1, 0.15) is 19.8 Å². The summed E-state index contributed by atoms with van der Waals surface area (Å²) < 4.78 is 0. The highest BCUT2D eigenvalue weighted by atomic mass is 15.2. The molecule has 0 bridgehead atoms. The molecule has 1 aromatic heterocycles. The van der Waals surface area contributed by atoms with Crippen molar-refractivity contribution < 1.29 is 0 Å². The monoisotopic (exact) mass is 206 g/mol. The van der Waals surface area contributed by atoms with Crippen molar-refractivity contribution in [2.45, 2.75) is 25.8 Å². The van der Waals surface area contributed by atoms with Gasteiger partial charge in [-0.3, -0.25) is 0 Å². The van der Waals surface area contributed by atoms with E-state index in [1.54, 1.807) is 12.4 Å².